The number of oxazole rings is 1. The Morgan fingerprint density at radius 3 is 2.76 bits per heavy atom. The molecule has 0 radical (unpaired) electrons. The first kappa shape index (κ1) is 29.9. The number of aryl methyl sites for hydroxylation is 2. The maximum atomic E-state index is 14.6. The zero-order valence-corrected chi connectivity index (χ0v) is 24.9. The number of carbonyl (C=O) groups excluding carboxylic acids is 3. The monoisotopic (exact) mass is 616 g/mol. The lowest BCUT2D eigenvalue weighted by Crippen LogP contribution is -2.58. The van der Waals surface area contributed by atoms with E-state index in [0.717, 1.165) is 5.56 Å². The number of amides is 3. The minimum absolute atomic E-state index is 0.117. The van der Waals surface area contributed by atoms with Crippen molar-refractivity contribution in [3.05, 3.63) is 83.0 Å². The van der Waals surface area contributed by atoms with Crippen molar-refractivity contribution in [2.24, 2.45) is 0 Å². The number of rotatable bonds is 2. The van der Waals surface area contributed by atoms with Crippen LogP contribution >= 0.6 is 0 Å². The van der Waals surface area contributed by atoms with Crippen molar-refractivity contribution in [3.8, 4) is 17.2 Å². The number of ether oxygens (including phenoxy) is 3. The largest absolute Gasteiger partial charge is 0.493 e. The lowest BCUT2D eigenvalue weighted by molar-refractivity contribution is -0.125. The number of nitrogens with zero attached hydrogens (tertiary/aromatic N) is 2. The van der Waals surface area contributed by atoms with Gasteiger partial charge >= 0.3 is 0 Å². The van der Waals surface area contributed by atoms with Gasteiger partial charge < -0.3 is 34.2 Å². The molecule has 2 atom stereocenters. The Morgan fingerprint density at radius 2 is 1.91 bits per heavy atom. The summed E-state index contributed by atoms with van der Waals surface area (Å²) in [6.45, 7) is 2.00. The van der Waals surface area contributed by atoms with Gasteiger partial charge in [0.2, 0.25) is 5.91 Å². The van der Waals surface area contributed by atoms with Crippen molar-refractivity contribution in [1.29, 1.82) is 0 Å². The highest BCUT2D eigenvalue weighted by molar-refractivity contribution is 5.97. The second-order valence-corrected chi connectivity index (χ2v) is 11.1. The van der Waals surface area contributed by atoms with Gasteiger partial charge in [0.1, 0.15) is 23.2 Å². The second-order valence-electron chi connectivity index (χ2n) is 11.1. The number of nitrogens with one attached hydrogen (secondary N) is 2. The summed E-state index contributed by atoms with van der Waals surface area (Å²) in [5, 5.41) is 5.80. The van der Waals surface area contributed by atoms with Crippen LogP contribution in [-0.2, 0) is 22.6 Å². The number of hydrogen-bond acceptors (Lipinski definition) is 8. The predicted molar refractivity (Wildman–Crippen MR) is 161 cm³/mol. The smallest absolute Gasteiger partial charge is 0.258 e. The zero-order chi connectivity index (χ0) is 31.5. The summed E-state index contributed by atoms with van der Waals surface area (Å²) in [5.41, 5.74) is 2.95. The molecule has 3 amide bonds. The molecule has 0 saturated carbocycles. The number of fused-ring (bicyclic) bond motifs is 6. The third-order valence-corrected chi connectivity index (χ3v) is 7.86. The van der Waals surface area contributed by atoms with E-state index in [-0.39, 0.29) is 43.7 Å². The topological polar surface area (TPSA) is 132 Å². The van der Waals surface area contributed by atoms with Gasteiger partial charge in [-0.25, -0.2) is 9.37 Å². The van der Waals surface area contributed by atoms with Gasteiger partial charge in [0.15, 0.2) is 29.6 Å². The molecule has 0 spiro atoms. The molecule has 0 aliphatic carbocycles. The van der Waals surface area contributed by atoms with Crippen molar-refractivity contribution >= 4 is 28.8 Å². The van der Waals surface area contributed by atoms with Crippen LogP contribution in [0.1, 0.15) is 40.2 Å². The first-order valence-electron chi connectivity index (χ1n) is 14.7. The molecule has 1 aromatic heterocycles. The van der Waals surface area contributed by atoms with Crippen LogP contribution in [0.2, 0.25) is 0 Å². The number of carbonyl (C=O) groups is 3. The zero-order valence-electron chi connectivity index (χ0n) is 24.9. The normalized spacial score (nSPS) is 19.2. The Balaban J connectivity index is 1.27. The highest BCUT2D eigenvalue weighted by Gasteiger charge is 2.35. The van der Waals surface area contributed by atoms with Gasteiger partial charge in [-0.3, -0.25) is 14.4 Å². The summed E-state index contributed by atoms with van der Waals surface area (Å²) >= 11 is 0. The molecule has 45 heavy (non-hydrogen) atoms. The van der Waals surface area contributed by atoms with Crippen molar-refractivity contribution in [2.45, 2.75) is 44.9 Å². The maximum absolute atomic E-state index is 14.6. The molecule has 3 heterocycles. The molecule has 1 saturated heterocycles. The SMILES string of the molecule is COc1ccc2cc1OCC(=O)N[C@@H]1CN(C(=O)c3ccc4nc(C)oc4c3)CC[C@H]1Oc1cc(F)cc(c1)CNC(=O)CC2. The highest BCUT2D eigenvalue weighted by Crippen LogP contribution is 2.29. The molecular weight excluding hydrogens is 583 g/mol. The van der Waals surface area contributed by atoms with Gasteiger partial charge in [-0.05, 0) is 60.0 Å². The Bertz CT molecular complexity index is 1760. The molecule has 11 nitrogen and oxygen atoms in total. The number of piperidine rings is 1. The molecule has 2 aliphatic heterocycles. The lowest BCUT2D eigenvalue weighted by atomic mass is 10.00. The third kappa shape index (κ3) is 7.00. The van der Waals surface area contributed by atoms with E-state index >= 15 is 0 Å². The van der Waals surface area contributed by atoms with E-state index in [1.54, 1.807) is 48.2 Å². The Labute approximate surface area is 258 Å². The Morgan fingerprint density at radius 1 is 1.04 bits per heavy atom. The first-order valence-corrected chi connectivity index (χ1v) is 14.7. The van der Waals surface area contributed by atoms with E-state index in [0.29, 0.717) is 59.0 Å². The predicted octanol–water partition coefficient (Wildman–Crippen LogP) is 3.70. The molecule has 4 bridgehead atoms. The van der Waals surface area contributed by atoms with Crippen molar-refractivity contribution in [3.63, 3.8) is 0 Å². The second kappa shape index (κ2) is 12.8. The van der Waals surface area contributed by atoms with E-state index in [1.807, 2.05) is 6.07 Å². The molecule has 4 aromatic rings. The Kier molecular flexibility index (Phi) is 8.54. The number of aromatic nitrogens is 1. The van der Waals surface area contributed by atoms with Gasteiger partial charge in [-0.1, -0.05) is 6.07 Å². The van der Waals surface area contributed by atoms with E-state index in [9.17, 15) is 18.8 Å². The Hall–Kier alpha value is -5.13. The minimum Gasteiger partial charge on any atom is -0.493 e. The summed E-state index contributed by atoms with van der Waals surface area (Å²) in [5.74, 6) is 0.179. The molecule has 3 aromatic carbocycles. The third-order valence-electron chi connectivity index (χ3n) is 7.86. The standard InChI is InChI=1S/C33H33FN4O7/c1-19-36-25-6-5-22(14-29(25)44-19)33(41)38-10-9-27-26(17-38)37-32(40)18-43-30-13-20(3-7-28(30)42-2)4-8-31(39)35-16-21-11-23(34)15-24(12-21)45-27/h3,5-7,11-15,26-27H,4,8-10,16-18H2,1-2H3,(H,35,39)(H,37,40)/t26-,27-/m1/s1. The summed E-state index contributed by atoms with van der Waals surface area (Å²) in [6.07, 6.45) is 0.403. The molecule has 6 rings (SSSR count). The van der Waals surface area contributed by atoms with E-state index in [4.69, 9.17) is 18.6 Å². The van der Waals surface area contributed by atoms with Gasteiger partial charge in [0.05, 0.1) is 13.2 Å². The summed E-state index contributed by atoms with van der Waals surface area (Å²) in [7, 11) is 1.50. The van der Waals surface area contributed by atoms with Crippen LogP contribution in [0.5, 0.6) is 17.2 Å². The van der Waals surface area contributed by atoms with Crippen LogP contribution in [0, 0.1) is 12.7 Å². The lowest BCUT2D eigenvalue weighted by Gasteiger charge is -2.39. The average molecular weight is 617 g/mol. The molecule has 0 unspecified atom stereocenters. The first-order chi connectivity index (χ1) is 21.7. The van der Waals surface area contributed by atoms with Crippen molar-refractivity contribution in [1.82, 2.24) is 20.5 Å². The number of halogens is 1. The summed E-state index contributed by atoms with van der Waals surface area (Å²) < 4.78 is 37.7. The molecule has 234 valence electrons. The van der Waals surface area contributed by atoms with Crippen molar-refractivity contribution in [2.75, 3.05) is 26.8 Å². The van der Waals surface area contributed by atoms with Gasteiger partial charge in [0.25, 0.3) is 11.8 Å². The van der Waals surface area contributed by atoms with E-state index < -0.39 is 23.9 Å². The van der Waals surface area contributed by atoms with Gasteiger partial charge in [0, 0.05) is 51.0 Å². The van der Waals surface area contributed by atoms with Crippen LogP contribution in [0.3, 0.4) is 0 Å². The van der Waals surface area contributed by atoms with Crippen LogP contribution in [0.25, 0.3) is 11.1 Å². The number of likely N-dealkylation sites (tertiary alicyclic amines) is 1. The van der Waals surface area contributed by atoms with E-state index in [2.05, 4.69) is 15.6 Å². The quantitative estimate of drug-likeness (QED) is 0.349. The summed E-state index contributed by atoms with van der Waals surface area (Å²) in [6, 6.07) is 14.0. The summed E-state index contributed by atoms with van der Waals surface area (Å²) in [4.78, 5) is 45.3. The highest BCUT2D eigenvalue weighted by atomic mass is 19.1. The molecule has 2 N–H and O–H groups in total. The van der Waals surface area contributed by atoms with Crippen LogP contribution < -0.4 is 24.8 Å². The minimum atomic E-state index is -0.645. The maximum Gasteiger partial charge on any atom is 0.258 e. The van der Waals surface area contributed by atoms with E-state index in [1.165, 1.54) is 19.2 Å². The van der Waals surface area contributed by atoms with Gasteiger partial charge in [-0.2, -0.15) is 0 Å². The fourth-order valence-electron chi connectivity index (χ4n) is 5.64. The van der Waals surface area contributed by atoms with Crippen LogP contribution in [-0.4, -0.2) is 66.6 Å². The van der Waals surface area contributed by atoms with Crippen molar-refractivity contribution < 1.29 is 37.4 Å². The fourth-order valence-corrected chi connectivity index (χ4v) is 5.64. The van der Waals surface area contributed by atoms with Crippen LogP contribution in [0.4, 0.5) is 4.39 Å². The molecule has 12 heteroatoms. The average Bonchev–Trinajstić information content (AvgIpc) is 3.41. The fraction of sp³-hybridized carbons (Fsp3) is 0.333. The molecular formula is C33H33FN4O7. The number of benzene rings is 3. The van der Waals surface area contributed by atoms with Gasteiger partial charge in [-0.15, -0.1) is 0 Å². The number of methoxy groups -OCH3 is 1. The number of hydrogen-bond donors (Lipinski definition) is 2. The molecule has 1 fully saturated rings. The molecule has 2 aliphatic rings. The van der Waals surface area contributed by atoms with Crippen LogP contribution in [0.15, 0.2) is 59.0 Å².